The van der Waals surface area contributed by atoms with Gasteiger partial charge in [0.15, 0.2) is 12.7 Å². The predicted molar refractivity (Wildman–Crippen MR) is 114 cm³/mol. The molecule has 1 unspecified atom stereocenters. The highest BCUT2D eigenvalue weighted by molar-refractivity contribution is 6.30. The molecule has 6 nitrogen and oxygen atoms in total. The van der Waals surface area contributed by atoms with Gasteiger partial charge in [-0.15, -0.1) is 0 Å². The second-order valence-electron chi connectivity index (χ2n) is 6.31. The zero-order chi connectivity index (χ0) is 21.3. The number of ether oxygens (including phenoxy) is 3. The molecule has 0 heterocycles. The number of hydrogen-bond acceptors (Lipinski definition) is 5. The van der Waals surface area contributed by atoms with Gasteiger partial charge in [-0.3, -0.25) is 4.79 Å². The number of benzene rings is 3. The average molecular weight is 426 g/mol. The van der Waals surface area contributed by atoms with Crippen LogP contribution in [0.2, 0.25) is 5.02 Å². The maximum absolute atomic E-state index is 12.0. The van der Waals surface area contributed by atoms with Gasteiger partial charge < -0.3 is 19.5 Å². The topological polar surface area (TPSA) is 73.9 Å². The number of nitrogens with one attached hydrogen (secondary N) is 1. The number of carbonyl (C=O) groups is 2. The second kappa shape index (κ2) is 10.3. The number of carbonyl (C=O) groups excluding carboxylic acids is 2. The van der Waals surface area contributed by atoms with Crippen LogP contribution in [-0.4, -0.2) is 24.6 Å². The van der Waals surface area contributed by atoms with Crippen LogP contribution in [0.5, 0.6) is 17.2 Å². The Hall–Kier alpha value is -3.51. The van der Waals surface area contributed by atoms with Crippen molar-refractivity contribution in [1.82, 2.24) is 0 Å². The largest absolute Gasteiger partial charge is 0.479 e. The zero-order valence-electron chi connectivity index (χ0n) is 16.2. The van der Waals surface area contributed by atoms with Crippen molar-refractivity contribution in [3.63, 3.8) is 0 Å². The molecule has 0 aromatic heterocycles. The summed E-state index contributed by atoms with van der Waals surface area (Å²) >= 11 is 5.81. The lowest BCUT2D eigenvalue weighted by atomic mass is 10.3. The Morgan fingerprint density at radius 2 is 1.47 bits per heavy atom. The Morgan fingerprint density at radius 3 is 2.13 bits per heavy atom. The lowest BCUT2D eigenvalue weighted by Crippen LogP contribution is -2.29. The van der Waals surface area contributed by atoms with Crippen molar-refractivity contribution in [3.05, 3.63) is 83.9 Å². The SMILES string of the molecule is CC(Oc1ccc(Cl)cc1)C(=O)OCC(=O)Nc1ccc(Oc2ccccc2)cc1. The summed E-state index contributed by atoms with van der Waals surface area (Å²) in [5.41, 5.74) is 0.557. The van der Waals surface area contributed by atoms with E-state index in [2.05, 4.69) is 5.32 Å². The molecule has 3 aromatic carbocycles. The van der Waals surface area contributed by atoms with Crippen molar-refractivity contribution >= 4 is 29.2 Å². The Morgan fingerprint density at radius 1 is 0.867 bits per heavy atom. The van der Waals surface area contributed by atoms with Gasteiger partial charge in [-0.2, -0.15) is 0 Å². The molecule has 0 saturated heterocycles. The van der Waals surface area contributed by atoms with E-state index in [0.29, 0.717) is 22.2 Å². The van der Waals surface area contributed by atoms with Crippen LogP contribution in [0.4, 0.5) is 5.69 Å². The highest BCUT2D eigenvalue weighted by atomic mass is 35.5. The van der Waals surface area contributed by atoms with Gasteiger partial charge in [-0.05, 0) is 67.6 Å². The van der Waals surface area contributed by atoms with Crippen molar-refractivity contribution < 1.29 is 23.8 Å². The summed E-state index contributed by atoms with van der Waals surface area (Å²) in [6.45, 7) is 1.12. The van der Waals surface area contributed by atoms with Crippen LogP contribution in [0.15, 0.2) is 78.9 Å². The molecule has 0 bridgehead atoms. The van der Waals surface area contributed by atoms with Crippen molar-refractivity contribution in [2.24, 2.45) is 0 Å². The van der Waals surface area contributed by atoms with Crippen molar-refractivity contribution in [3.8, 4) is 17.2 Å². The van der Waals surface area contributed by atoms with Crippen LogP contribution in [0, 0.1) is 0 Å². The molecule has 0 aliphatic carbocycles. The van der Waals surface area contributed by atoms with Gasteiger partial charge in [0.2, 0.25) is 0 Å². The van der Waals surface area contributed by atoms with Crippen LogP contribution in [-0.2, 0) is 14.3 Å². The molecular weight excluding hydrogens is 406 g/mol. The lowest BCUT2D eigenvalue weighted by molar-refractivity contribution is -0.153. The summed E-state index contributed by atoms with van der Waals surface area (Å²) in [4.78, 5) is 24.1. The predicted octanol–water partition coefficient (Wildman–Crippen LogP) is 5.08. The number of halogens is 1. The van der Waals surface area contributed by atoms with Crippen molar-refractivity contribution in [2.75, 3.05) is 11.9 Å². The quantitative estimate of drug-likeness (QED) is 0.509. The van der Waals surface area contributed by atoms with E-state index in [9.17, 15) is 9.59 Å². The molecule has 3 aromatic rings. The van der Waals surface area contributed by atoms with E-state index in [1.807, 2.05) is 30.3 Å². The summed E-state index contributed by atoms with van der Waals surface area (Å²) in [6.07, 6.45) is -0.867. The van der Waals surface area contributed by atoms with Crippen molar-refractivity contribution in [2.45, 2.75) is 13.0 Å². The van der Waals surface area contributed by atoms with Crippen molar-refractivity contribution in [1.29, 1.82) is 0 Å². The minimum absolute atomic E-state index is 0.421. The fourth-order valence-corrected chi connectivity index (χ4v) is 2.57. The molecule has 3 rings (SSSR count). The fraction of sp³-hybridized carbons (Fsp3) is 0.130. The second-order valence-corrected chi connectivity index (χ2v) is 6.75. The van der Waals surface area contributed by atoms with E-state index in [1.54, 1.807) is 55.5 Å². The van der Waals surface area contributed by atoms with Gasteiger partial charge in [0, 0.05) is 10.7 Å². The minimum atomic E-state index is -0.867. The van der Waals surface area contributed by atoms with Gasteiger partial charge in [0.25, 0.3) is 5.91 Å². The van der Waals surface area contributed by atoms with Gasteiger partial charge in [-0.1, -0.05) is 29.8 Å². The minimum Gasteiger partial charge on any atom is -0.479 e. The first-order valence-electron chi connectivity index (χ1n) is 9.21. The summed E-state index contributed by atoms with van der Waals surface area (Å²) in [5.74, 6) is 0.728. The number of amides is 1. The first-order chi connectivity index (χ1) is 14.5. The normalized spacial score (nSPS) is 11.3. The van der Waals surface area contributed by atoms with Gasteiger partial charge in [0.05, 0.1) is 0 Å². The standard InChI is InChI=1S/C23H20ClNO5/c1-16(29-20-11-7-17(24)8-12-20)23(27)28-15-22(26)25-18-9-13-21(14-10-18)30-19-5-3-2-4-6-19/h2-14,16H,15H2,1H3,(H,25,26). The summed E-state index contributed by atoms with van der Waals surface area (Å²) in [5, 5.41) is 3.22. The van der Waals surface area contributed by atoms with Crippen LogP contribution < -0.4 is 14.8 Å². The number of anilines is 1. The average Bonchev–Trinajstić information content (AvgIpc) is 2.76. The Bertz CT molecular complexity index is 975. The first kappa shape index (κ1) is 21.2. The third kappa shape index (κ3) is 6.53. The monoisotopic (exact) mass is 425 g/mol. The Balaban J connectivity index is 1.43. The van der Waals surface area contributed by atoms with E-state index >= 15 is 0 Å². The Kier molecular flexibility index (Phi) is 7.29. The van der Waals surface area contributed by atoms with Crippen LogP contribution in [0.25, 0.3) is 0 Å². The van der Waals surface area contributed by atoms with E-state index in [4.69, 9.17) is 25.8 Å². The van der Waals surface area contributed by atoms with Crippen LogP contribution >= 0.6 is 11.6 Å². The van der Waals surface area contributed by atoms with E-state index in [0.717, 1.165) is 5.75 Å². The summed E-state index contributed by atoms with van der Waals surface area (Å²) < 4.78 is 16.2. The Labute approximate surface area is 179 Å². The molecule has 154 valence electrons. The van der Waals surface area contributed by atoms with E-state index in [-0.39, 0.29) is 0 Å². The zero-order valence-corrected chi connectivity index (χ0v) is 17.0. The van der Waals surface area contributed by atoms with E-state index in [1.165, 1.54) is 0 Å². The van der Waals surface area contributed by atoms with Gasteiger partial charge in [0.1, 0.15) is 17.2 Å². The molecule has 0 aliphatic rings. The molecule has 1 atom stereocenters. The molecular formula is C23H20ClNO5. The van der Waals surface area contributed by atoms with Gasteiger partial charge in [-0.25, -0.2) is 4.79 Å². The van der Waals surface area contributed by atoms with Gasteiger partial charge >= 0.3 is 5.97 Å². The molecule has 0 saturated carbocycles. The molecule has 0 spiro atoms. The maximum Gasteiger partial charge on any atom is 0.347 e. The molecule has 0 radical (unpaired) electrons. The number of para-hydroxylation sites is 1. The summed E-state index contributed by atoms with van der Waals surface area (Å²) in [7, 11) is 0. The molecule has 0 fully saturated rings. The maximum atomic E-state index is 12.0. The van der Waals surface area contributed by atoms with Crippen LogP contribution in [0.1, 0.15) is 6.92 Å². The number of rotatable bonds is 8. The lowest BCUT2D eigenvalue weighted by Gasteiger charge is -2.14. The highest BCUT2D eigenvalue weighted by Crippen LogP contribution is 2.22. The van der Waals surface area contributed by atoms with Crippen LogP contribution in [0.3, 0.4) is 0 Å². The smallest absolute Gasteiger partial charge is 0.347 e. The summed E-state index contributed by atoms with van der Waals surface area (Å²) in [6, 6.07) is 22.8. The molecule has 1 amide bonds. The molecule has 7 heteroatoms. The fourth-order valence-electron chi connectivity index (χ4n) is 2.45. The van der Waals surface area contributed by atoms with E-state index < -0.39 is 24.6 Å². The highest BCUT2D eigenvalue weighted by Gasteiger charge is 2.18. The molecule has 0 aliphatic heterocycles. The molecule has 30 heavy (non-hydrogen) atoms. The first-order valence-corrected chi connectivity index (χ1v) is 9.59. The number of esters is 1. The third-order valence-corrected chi connectivity index (χ3v) is 4.17. The third-order valence-electron chi connectivity index (χ3n) is 3.92. The molecule has 1 N–H and O–H groups in total. The number of hydrogen-bond donors (Lipinski definition) is 1.